The van der Waals surface area contributed by atoms with Crippen LogP contribution in [0.25, 0.3) is 0 Å². The van der Waals surface area contributed by atoms with E-state index in [1.165, 1.54) is 0 Å². The van der Waals surface area contributed by atoms with Crippen molar-refractivity contribution in [3.63, 3.8) is 0 Å². The topological polar surface area (TPSA) is 58.6 Å². The van der Waals surface area contributed by atoms with Gasteiger partial charge in [-0.25, -0.2) is 0 Å². The molecule has 0 bridgehead atoms. The number of carbonyl (C=O) groups is 2. The normalized spacial score (nSPS) is 13.1. The number of amides is 2. The van der Waals surface area contributed by atoms with Crippen LogP contribution in [-0.2, 0) is 11.3 Å². The van der Waals surface area contributed by atoms with Gasteiger partial charge in [0.2, 0.25) is 0 Å². The zero-order valence-electron chi connectivity index (χ0n) is 14.9. The van der Waals surface area contributed by atoms with Crippen LogP contribution in [0, 0.1) is 0 Å². The van der Waals surface area contributed by atoms with Crippen LogP contribution in [0.2, 0.25) is 10.0 Å². The highest BCUT2D eigenvalue weighted by Crippen LogP contribution is 2.27. The van der Waals surface area contributed by atoms with Crippen molar-refractivity contribution < 1.29 is 14.3 Å². The van der Waals surface area contributed by atoms with Crippen molar-refractivity contribution in [1.29, 1.82) is 0 Å². The highest BCUT2D eigenvalue weighted by Gasteiger charge is 2.23. The quantitative estimate of drug-likeness (QED) is 0.757. The predicted molar refractivity (Wildman–Crippen MR) is 105 cm³/mol. The van der Waals surface area contributed by atoms with Gasteiger partial charge < -0.3 is 15.0 Å². The molecule has 1 aliphatic rings. The minimum Gasteiger partial charge on any atom is -0.482 e. The highest BCUT2D eigenvalue weighted by atomic mass is 35.5. The predicted octanol–water partition coefficient (Wildman–Crippen LogP) is 3.92. The van der Waals surface area contributed by atoms with Crippen molar-refractivity contribution in [2.75, 3.05) is 13.7 Å². The Morgan fingerprint density at radius 3 is 2.52 bits per heavy atom. The van der Waals surface area contributed by atoms with E-state index in [1.54, 1.807) is 42.3 Å². The molecule has 0 aromatic heterocycles. The Kier molecular flexibility index (Phi) is 6.24. The maximum Gasteiger partial charge on any atom is 0.260 e. The van der Waals surface area contributed by atoms with Crippen LogP contribution in [0.15, 0.2) is 42.5 Å². The van der Waals surface area contributed by atoms with Crippen LogP contribution < -0.4 is 10.1 Å². The SMILES string of the molecule is CN(Cc1ccc(C(=O)NC2CC2)cc1)C(=O)COc1cc(Cl)ccc1Cl. The van der Waals surface area contributed by atoms with Crippen molar-refractivity contribution in [3.05, 3.63) is 63.6 Å². The first-order valence-corrected chi connectivity index (χ1v) is 9.39. The van der Waals surface area contributed by atoms with E-state index in [1.807, 2.05) is 12.1 Å². The molecule has 0 unspecified atom stereocenters. The van der Waals surface area contributed by atoms with E-state index in [0.717, 1.165) is 18.4 Å². The first kappa shape index (κ1) is 19.5. The fraction of sp³-hybridized carbons (Fsp3) is 0.300. The Labute approximate surface area is 168 Å². The molecule has 2 aromatic carbocycles. The number of rotatable bonds is 7. The van der Waals surface area contributed by atoms with Crippen molar-refractivity contribution in [2.24, 2.45) is 0 Å². The van der Waals surface area contributed by atoms with Gasteiger partial charge in [-0.05, 0) is 42.7 Å². The van der Waals surface area contributed by atoms with Crippen LogP contribution in [0.3, 0.4) is 0 Å². The average Bonchev–Trinajstić information content (AvgIpc) is 3.46. The monoisotopic (exact) mass is 406 g/mol. The van der Waals surface area contributed by atoms with Gasteiger partial charge in [0.25, 0.3) is 11.8 Å². The lowest BCUT2D eigenvalue weighted by molar-refractivity contribution is -0.132. The molecule has 27 heavy (non-hydrogen) atoms. The second kappa shape index (κ2) is 8.63. The van der Waals surface area contributed by atoms with E-state index >= 15 is 0 Å². The van der Waals surface area contributed by atoms with Crippen molar-refractivity contribution in [1.82, 2.24) is 10.2 Å². The van der Waals surface area contributed by atoms with Gasteiger partial charge in [0.05, 0.1) is 5.02 Å². The van der Waals surface area contributed by atoms with Gasteiger partial charge in [-0.15, -0.1) is 0 Å². The van der Waals surface area contributed by atoms with Crippen LogP contribution >= 0.6 is 23.2 Å². The lowest BCUT2D eigenvalue weighted by Crippen LogP contribution is -2.31. The molecular weight excluding hydrogens is 387 g/mol. The molecule has 2 aromatic rings. The third-order valence-electron chi connectivity index (χ3n) is 4.22. The molecule has 5 nitrogen and oxygen atoms in total. The number of nitrogens with zero attached hydrogens (tertiary/aromatic N) is 1. The van der Waals surface area contributed by atoms with Gasteiger partial charge in [-0.1, -0.05) is 35.3 Å². The molecule has 0 radical (unpaired) electrons. The second-order valence-corrected chi connectivity index (χ2v) is 7.40. The number of hydrogen-bond acceptors (Lipinski definition) is 3. The molecule has 2 amide bonds. The van der Waals surface area contributed by atoms with Crippen LogP contribution in [-0.4, -0.2) is 36.4 Å². The number of hydrogen-bond donors (Lipinski definition) is 1. The van der Waals surface area contributed by atoms with Gasteiger partial charge in [0, 0.05) is 36.3 Å². The molecule has 1 aliphatic carbocycles. The smallest absolute Gasteiger partial charge is 0.260 e. The summed E-state index contributed by atoms with van der Waals surface area (Å²) in [6.45, 7) is 0.272. The number of benzene rings is 2. The lowest BCUT2D eigenvalue weighted by atomic mass is 10.1. The molecule has 7 heteroatoms. The Morgan fingerprint density at radius 1 is 1.15 bits per heavy atom. The Hall–Kier alpha value is -2.24. The Bertz CT molecular complexity index is 836. The molecule has 1 fully saturated rings. The fourth-order valence-electron chi connectivity index (χ4n) is 2.46. The first-order chi connectivity index (χ1) is 12.9. The number of carbonyl (C=O) groups excluding carboxylic acids is 2. The second-order valence-electron chi connectivity index (χ2n) is 6.56. The standard InChI is InChI=1S/C20H20Cl2N2O3/c1-24(19(25)12-27-18-10-15(21)6-9-17(18)22)11-13-2-4-14(5-3-13)20(26)23-16-7-8-16/h2-6,9-10,16H,7-8,11-12H2,1H3,(H,23,26). The molecule has 0 heterocycles. The Morgan fingerprint density at radius 2 is 1.85 bits per heavy atom. The Balaban J connectivity index is 1.51. The largest absolute Gasteiger partial charge is 0.482 e. The molecule has 0 spiro atoms. The summed E-state index contributed by atoms with van der Waals surface area (Å²) in [7, 11) is 1.69. The number of halogens is 2. The zero-order chi connectivity index (χ0) is 19.4. The summed E-state index contributed by atoms with van der Waals surface area (Å²) in [6, 6.07) is 12.4. The maximum absolute atomic E-state index is 12.3. The molecule has 3 rings (SSSR count). The van der Waals surface area contributed by atoms with Gasteiger partial charge in [-0.3, -0.25) is 9.59 Å². The van der Waals surface area contributed by atoms with E-state index < -0.39 is 0 Å². The van der Waals surface area contributed by atoms with Gasteiger partial charge in [0.1, 0.15) is 5.75 Å². The van der Waals surface area contributed by atoms with Gasteiger partial charge >= 0.3 is 0 Å². The summed E-state index contributed by atoms with van der Waals surface area (Å²) in [5.41, 5.74) is 1.55. The third-order valence-corrected chi connectivity index (χ3v) is 4.77. The van der Waals surface area contributed by atoms with Crippen molar-refractivity contribution in [2.45, 2.75) is 25.4 Å². The minimum atomic E-state index is -0.193. The first-order valence-electron chi connectivity index (χ1n) is 8.64. The summed E-state index contributed by atoms with van der Waals surface area (Å²) in [4.78, 5) is 25.8. The summed E-state index contributed by atoms with van der Waals surface area (Å²) in [5.74, 6) is 0.124. The molecule has 142 valence electrons. The van der Waals surface area contributed by atoms with Gasteiger partial charge in [-0.2, -0.15) is 0 Å². The summed E-state index contributed by atoms with van der Waals surface area (Å²) in [6.07, 6.45) is 2.11. The van der Waals surface area contributed by atoms with E-state index in [-0.39, 0.29) is 18.4 Å². The summed E-state index contributed by atoms with van der Waals surface area (Å²) in [5, 5.41) is 3.83. The minimum absolute atomic E-state index is 0.0553. The van der Waals surface area contributed by atoms with Crippen molar-refractivity contribution >= 4 is 35.0 Å². The van der Waals surface area contributed by atoms with Crippen LogP contribution in [0.5, 0.6) is 5.75 Å². The molecule has 0 aliphatic heterocycles. The molecule has 0 atom stereocenters. The molecule has 0 saturated heterocycles. The number of nitrogens with one attached hydrogen (secondary N) is 1. The highest BCUT2D eigenvalue weighted by molar-refractivity contribution is 6.34. The van der Waals surface area contributed by atoms with Crippen LogP contribution in [0.4, 0.5) is 0 Å². The lowest BCUT2D eigenvalue weighted by Gasteiger charge is -2.18. The summed E-state index contributed by atoms with van der Waals surface area (Å²) < 4.78 is 5.47. The number of likely N-dealkylation sites (N-methyl/N-ethyl adjacent to an activating group) is 1. The zero-order valence-corrected chi connectivity index (χ0v) is 16.4. The van der Waals surface area contributed by atoms with E-state index in [2.05, 4.69) is 5.32 Å². The fourth-order valence-corrected chi connectivity index (χ4v) is 2.79. The third kappa shape index (κ3) is 5.62. The molecular formula is C20H20Cl2N2O3. The number of ether oxygens (including phenoxy) is 1. The van der Waals surface area contributed by atoms with E-state index in [4.69, 9.17) is 27.9 Å². The van der Waals surface area contributed by atoms with E-state index in [9.17, 15) is 9.59 Å². The average molecular weight is 407 g/mol. The van der Waals surface area contributed by atoms with Crippen molar-refractivity contribution in [3.8, 4) is 5.75 Å². The molecule has 1 saturated carbocycles. The van der Waals surface area contributed by atoms with Gasteiger partial charge in [0.15, 0.2) is 6.61 Å². The van der Waals surface area contributed by atoms with E-state index in [0.29, 0.717) is 33.9 Å². The van der Waals surface area contributed by atoms with Crippen LogP contribution in [0.1, 0.15) is 28.8 Å². The maximum atomic E-state index is 12.3. The summed E-state index contributed by atoms with van der Waals surface area (Å²) >= 11 is 11.9. The molecule has 1 N–H and O–H groups in total.